The maximum absolute atomic E-state index is 4.91. The molecular formula is C74H60N8. The molecule has 4 aromatic heterocycles. The van der Waals surface area contributed by atoms with Gasteiger partial charge in [0.2, 0.25) is 0 Å². The van der Waals surface area contributed by atoms with Crippen molar-refractivity contribution in [3.8, 4) is 79.7 Å². The van der Waals surface area contributed by atoms with Crippen LogP contribution in [0.5, 0.6) is 0 Å². The average molecular weight is 1060 g/mol. The summed E-state index contributed by atoms with van der Waals surface area (Å²) in [5.41, 5.74) is 23.2. The van der Waals surface area contributed by atoms with Gasteiger partial charge in [-0.05, 0) is 150 Å². The smallest absolute Gasteiger partial charge is 0.164 e. The van der Waals surface area contributed by atoms with E-state index in [1.165, 1.54) is 88.1 Å². The fraction of sp³-hybridized carbons (Fsp3) is 0.108. The molecular weight excluding hydrogens is 1000 g/mol. The summed E-state index contributed by atoms with van der Waals surface area (Å²) in [4.78, 5) is 29.3. The van der Waals surface area contributed by atoms with E-state index in [4.69, 9.17) is 29.9 Å². The topological polar surface area (TPSA) is 87.2 Å². The van der Waals surface area contributed by atoms with Crippen LogP contribution in [0.25, 0.3) is 123 Å². The second kappa shape index (κ2) is 21.1. The maximum atomic E-state index is 4.91. The molecule has 0 unspecified atom stereocenters. The van der Waals surface area contributed by atoms with Gasteiger partial charge in [-0.15, -0.1) is 0 Å². The second-order valence-corrected chi connectivity index (χ2v) is 21.8. The third-order valence-electron chi connectivity index (χ3n) is 15.4. The zero-order valence-electron chi connectivity index (χ0n) is 47.4. The molecule has 0 radical (unpaired) electrons. The van der Waals surface area contributed by atoms with E-state index in [1.54, 1.807) is 0 Å². The Morgan fingerprint density at radius 2 is 0.415 bits per heavy atom. The fourth-order valence-corrected chi connectivity index (χ4v) is 12.0. The summed E-state index contributed by atoms with van der Waals surface area (Å²) in [6, 6.07) is 75.9. The largest absolute Gasteiger partial charge is 0.309 e. The van der Waals surface area contributed by atoms with Crippen LogP contribution in [0.4, 0.5) is 0 Å². The number of hydrogen-bond acceptors (Lipinski definition) is 6. The van der Waals surface area contributed by atoms with Gasteiger partial charge >= 0.3 is 0 Å². The van der Waals surface area contributed by atoms with Crippen LogP contribution in [0, 0.1) is 55.4 Å². The molecule has 0 atom stereocenters. The number of aryl methyl sites for hydroxylation is 8. The van der Waals surface area contributed by atoms with E-state index in [9.17, 15) is 0 Å². The molecule has 0 bridgehead atoms. The van der Waals surface area contributed by atoms with Gasteiger partial charge in [0.1, 0.15) is 0 Å². The van der Waals surface area contributed by atoms with Gasteiger partial charge in [0, 0.05) is 66.3 Å². The number of rotatable bonds is 8. The van der Waals surface area contributed by atoms with E-state index in [0.717, 1.165) is 44.8 Å². The van der Waals surface area contributed by atoms with Crippen LogP contribution < -0.4 is 0 Å². The highest BCUT2D eigenvalue weighted by Crippen LogP contribution is 2.40. The van der Waals surface area contributed by atoms with Gasteiger partial charge in [0.05, 0.1) is 22.1 Å². The Bertz CT molecular complexity index is 4170. The van der Waals surface area contributed by atoms with Crippen LogP contribution >= 0.6 is 0 Å². The van der Waals surface area contributed by atoms with E-state index < -0.39 is 0 Å². The average Bonchev–Trinajstić information content (AvgIpc) is 4.24. The molecule has 0 spiro atoms. The minimum atomic E-state index is 0.657. The lowest BCUT2D eigenvalue weighted by molar-refractivity contribution is 1.07. The summed E-state index contributed by atoms with van der Waals surface area (Å²) in [6.45, 7) is 17.5. The van der Waals surface area contributed by atoms with Crippen molar-refractivity contribution >= 4 is 43.6 Å². The van der Waals surface area contributed by atoms with Gasteiger partial charge in [-0.2, -0.15) is 0 Å². The Hall–Kier alpha value is -10.2. The van der Waals surface area contributed by atoms with Gasteiger partial charge in [-0.1, -0.05) is 168 Å². The van der Waals surface area contributed by atoms with Crippen molar-refractivity contribution in [1.29, 1.82) is 0 Å². The Balaban J connectivity index is 0.000000154. The van der Waals surface area contributed by atoms with Gasteiger partial charge in [0.25, 0.3) is 0 Å². The van der Waals surface area contributed by atoms with Gasteiger partial charge < -0.3 is 9.13 Å². The number of benzene rings is 10. The highest BCUT2D eigenvalue weighted by Gasteiger charge is 2.21. The molecule has 396 valence electrons. The molecule has 8 heteroatoms. The van der Waals surface area contributed by atoms with Crippen LogP contribution in [0.2, 0.25) is 0 Å². The minimum Gasteiger partial charge on any atom is -0.309 e. The molecule has 0 aliphatic carbocycles. The molecule has 0 saturated heterocycles. The molecule has 10 aromatic carbocycles. The quantitative estimate of drug-likeness (QED) is 0.151. The van der Waals surface area contributed by atoms with Crippen molar-refractivity contribution in [2.45, 2.75) is 55.4 Å². The molecule has 14 aromatic rings. The number of nitrogens with zero attached hydrogens (tertiary/aromatic N) is 8. The Kier molecular flexibility index (Phi) is 13.2. The van der Waals surface area contributed by atoms with E-state index in [0.29, 0.717) is 34.9 Å². The molecule has 82 heavy (non-hydrogen) atoms. The fourth-order valence-electron chi connectivity index (χ4n) is 12.0. The first-order valence-electron chi connectivity index (χ1n) is 27.9. The van der Waals surface area contributed by atoms with Crippen LogP contribution in [-0.2, 0) is 0 Å². The maximum Gasteiger partial charge on any atom is 0.164 e. The summed E-state index contributed by atoms with van der Waals surface area (Å²) in [5, 5.41) is 5.19. The van der Waals surface area contributed by atoms with E-state index in [-0.39, 0.29) is 0 Å². The van der Waals surface area contributed by atoms with E-state index in [2.05, 4.69) is 162 Å². The summed E-state index contributed by atoms with van der Waals surface area (Å²) in [6.07, 6.45) is 0. The molecule has 0 aliphatic heterocycles. The van der Waals surface area contributed by atoms with E-state index in [1.807, 2.05) is 121 Å². The number of fused-ring (bicyclic) bond motifs is 6. The first kappa shape index (κ1) is 51.3. The summed E-state index contributed by atoms with van der Waals surface area (Å²) in [5.74, 6) is 3.97. The SMILES string of the molecule is Cc1cc(C)c2c(c1)c1cc(C)cc(C)c1n2-c1ccc(-c2nc(-c3ccccc3)nc(-c3ccccc3)n2)cc1.Cc1cc(C)c2c(c1)c1cc(C)cc(C)c1n2-c1ccc(-c2nc(-c3ccccc3)nc(-c3ccccc3)n2)cc1. The first-order valence-corrected chi connectivity index (χ1v) is 27.9. The van der Waals surface area contributed by atoms with E-state index >= 15 is 0 Å². The standard InChI is InChI=1S/2C37H30N4/c2*1-23-19-25(3)33-31(21-23)32-22-24(2)20-26(4)34(32)41(33)30-17-15-29(16-18-30)37-39-35(27-11-7-5-8-12-27)38-36(40-37)28-13-9-6-10-14-28/h2*5-22H,1-4H3. The Morgan fingerprint density at radius 1 is 0.220 bits per heavy atom. The van der Waals surface area contributed by atoms with Gasteiger partial charge in [-0.3, -0.25) is 0 Å². The van der Waals surface area contributed by atoms with Crippen molar-refractivity contribution in [2.75, 3.05) is 0 Å². The lowest BCUT2D eigenvalue weighted by atomic mass is 10.0. The molecule has 0 N–H and O–H groups in total. The lowest BCUT2D eigenvalue weighted by Crippen LogP contribution is -2.01. The van der Waals surface area contributed by atoms with Crippen molar-refractivity contribution in [3.63, 3.8) is 0 Å². The molecule has 14 rings (SSSR count). The molecule has 0 amide bonds. The Morgan fingerprint density at radius 3 is 0.622 bits per heavy atom. The normalized spacial score (nSPS) is 11.4. The summed E-state index contributed by atoms with van der Waals surface area (Å²) < 4.78 is 4.83. The van der Waals surface area contributed by atoms with Gasteiger partial charge in [-0.25, -0.2) is 29.9 Å². The molecule has 0 fully saturated rings. The highest BCUT2D eigenvalue weighted by molar-refractivity contribution is 6.13. The van der Waals surface area contributed by atoms with Crippen molar-refractivity contribution in [2.24, 2.45) is 0 Å². The molecule has 0 aliphatic rings. The zero-order valence-corrected chi connectivity index (χ0v) is 47.4. The predicted molar refractivity (Wildman–Crippen MR) is 339 cm³/mol. The predicted octanol–water partition coefficient (Wildman–Crippen LogP) is 18.4. The minimum absolute atomic E-state index is 0.657. The zero-order chi connectivity index (χ0) is 56.2. The summed E-state index contributed by atoms with van der Waals surface area (Å²) >= 11 is 0. The number of hydrogen-bond donors (Lipinski definition) is 0. The van der Waals surface area contributed by atoms with Gasteiger partial charge in [0.15, 0.2) is 34.9 Å². The number of aromatic nitrogens is 8. The second-order valence-electron chi connectivity index (χ2n) is 21.8. The van der Waals surface area contributed by atoms with Crippen molar-refractivity contribution in [3.05, 3.63) is 263 Å². The van der Waals surface area contributed by atoms with Crippen molar-refractivity contribution < 1.29 is 0 Å². The highest BCUT2D eigenvalue weighted by atomic mass is 15.0. The first-order chi connectivity index (χ1) is 39.9. The third kappa shape index (κ3) is 9.58. The summed E-state index contributed by atoms with van der Waals surface area (Å²) in [7, 11) is 0. The van der Waals surface area contributed by atoms with Crippen molar-refractivity contribution in [1.82, 2.24) is 39.0 Å². The monoisotopic (exact) mass is 1060 g/mol. The van der Waals surface area contributed by atoms with Crippen LogP contribution in [0.1, 0.15) is 44.5 Å². The molecule has 4 heterocycles. The molecule has 0 saturated carbocycles. The third-order valence-corrected chi connectivity index (χ3v) is 15.4. The van der Waals surface area contributed by atoms with Crippen LogP contribution in [0.3, 0.4) is 0 Å². The lowest BCUT2D eigenvalue weighted by Gasteiger charge is -2.13. The molecule has 8 nitrogen and oxygen atoms in total. The van der Waals surface area contributed by atoms with Crippen LogP contribution in [-0.4, -0.2) is 39.0 Å². The Labute approximate surface area is 478 Å². The van der Waals surface area contributed by atoms with Crippen LogP contribution in [0.15, 0.2) is 218 Å².